The van der Waals surface area contributed by atoms with E-state index in [4.69, 9.17) is 18.9 Å². The molecule has 0 amide bonds. The summed E-state index contributed by atoms with van der Waals surface area (Å²) in [4.78, 5) is 51.3. The van der Waals surface area contributed by atoms with Crippen LogP contribution in [-0.4, -0.2) is 46.3 Å². The van der Waals surface area contributed by atoms with Crippen LogP contribution in [0.2, 0.25) is 0 Å². The summed E-state index contributed by atoms with van der Waals surface area (Å²) in [5.74, 6) is -1.61. The van der Waals surface area contributed by atoms with Crippen LogP contribution in [0.15, 0.2) is 0 Å². The minimum atomic E-state index is -1.11. The van der Waals surface area contributed by atoms with Gasteiger partial charge >= 0.3 is 23.9 Å². The molecular formula is C36H66O8. The molecule has 0 rings (SSSR count). The van der Waals surface area contributed by atoms with Crippen molar-refractivity contribution in [1.82, 2.24) is 0 Å². The highest BCUT2D eigenvalue weighted by Crippen LogP contribution is 2.49. The molecule has 0 saturated carbocycles. The second kappa shape index (κ2) is 15.4. The molecule has 0 aliphatic rings. The molecular weight excluding hydrogens is 560 g/mol. The molecule has 0 saturated heterocycles. The lowest BCUT2D eigenvalue weighted by Gasteiger charge is -2.49. The van der Waals surface area contributed by atoms with Crippen molar-refractivity contribution >= 4 is 23.9 Å². The fourth-order valence-electron chi connectivity index (χ4n) is 6.37. The van der Waals surface area contributed by atoms with E-state index in [-0.39, 0.29) is 18.4 Å². The first-order valence-corrected chi connectivity index (χ1v) is 16.7. The Labute approximate surface area is 269 Å². The molecule has 0 fully saturated rings. The summed E-state index contributed by atoms with van der Waals surface area (Å²) in [6.45, 7) is 30.2. The molecule has 6 atom stereocenters. The fraction of sp³-hybridized carbons (Fsp3) is 0.889. The maximum absolute atomic E-state index is 13.9. The Morgan fingerprint density at radius 2 is 0.955 bits per heavy atom. The SMILES string of the molecule is CCC(C)(CC(C)(C)C(C)(CC)OC(=O)C(C)(CC)CC(=O)OC(C)(CC)CC(C)(CC)C(C)(CC)OC(C)=O)OC(C)=O. The maximum Gasteiger partial charge on any atom is 0.312 e. The zero-order valence-electron chi connectivity index (χ0n) is 31.1. The van der Waals surface area contributed by atoms with Crippen molar-refractivity contribution in [3.05, 3.63) is 0 Å². The Morgan fingerprint density at radius 3 is 1.32 bits per heavy atom. The average molecular weight is 627 g/mol. The molecule has 8 nitrogen and oxygen atoms in total. The monoisotopic (exact) mass is 626 g/mol. The Bertz CT molecular complexity index is 1010. The molecule has 0 aliphatic carbocycles. The van der Waals surface area contributed by atoms with E-state index in [0.29, 0.717) is 44.9 Å². The van der Waals surface area contributed by atoms with Crippen molar-refractivity contribution in [3.8, 4) is 0 Å². The minimum Gasteiger partial charge on any atom is -0.460 e. The largest absolute Gasteiger partial charge is 0.460 e. The second-order valence-corrected chi connectivity index (χ2v) is 15.1. The van der Waals surface area contributed by atoms with Crippen molar-refractivity contribution < 1.29 is 38.1 Å². The third kappa shape index (κ3) is 10.2. The van der Waals surface area contributed by atoms with Crippen LogP contribution in [0.5, 0.6) is 0 Å². The highest BCUT2D eigenvalue weighted by Gasteiger charge is 2.52. The van der Waals surface area contributed by atoms with Gasteiger partial charge in [-0.15, -0.1) is 0 Å². The predicted molar refractivity (Wildman–Crippen MR) is 175 cm³/mol. The van der Waals surface area contributed by atoms with Gasteiger partial charge < -0.3 is 18.9 Å². The standard InChI is InChI=1S/C36H66O8/c1-17-31(11,29(40)44-35(15,21-5)30(9,10)24-33(13,19-3)41-26(7)37)23-28(39)43-34(14,20-4)25-32(12,18-2)36(16,22-6)42-27(8)38/h17-25H2,1-16H3. The van der Waals surface area contributed by atoms with Crippen molar-refractivity contribution in [1.29, 1.82) is 0 Å². The molecule has 0 aromatic heterocycles. The van der Waals surface area contributed by atoms with Crippen LogP contribution >= 0.6 is 0 Å². The molecule has 0 aromatic carbocycles. The third-order valence-corrected chi connectivity index (χ3v) is 11.2. The number of esters is 4. The van der Waals surface area contributed by atoms with E-state index in [1.807, 2.05) is 76.2 Å². The second-order valence-electron chi connectivity index (χ2n) is 15.1. The number of ether oxygens (including phenoxy) is 4. The van der Waals surface area contributed by atoms with Crippen LogP contribution in [0.4, 0.5) is 0 Å². The minimum absolute atomic E-state index is 0.129. The van der Waals surface area contributed by atoms with Crippen LogP contribution in [-0.2, 0) is 38.1 Å². The van der Waals surface area contributed by atoms with E-state index < -0.39 is 50.6 Å². The average Bonchev–Trinajstić information content (AvgIpc) is 2.90. The Kier molecular flexibility index (Phi) is 14.7. The summed E-state index contributed by atoms with van der Waals surface area (Å²) < 4.78 is 24.0. The summed E-state index contributed by atoms with van der Waals surface area (Å²) in [6.07, 6.45) is 4.30. The van der Waals surface area contributed by atoms with Gasteiger partial charge in [0.05, 0.1) is 11.8 Å². The maximum atomic E-state index is 13.9. The van der Waals surface area contributed by atoms with E-state index in [0.717, 1.165) is 6.42 Å². The number of rotatable bonds is 19. The van der Waals surface area contributed by atoms with Crippen molar-refractivity contribution in [2.45, 2.75) is 191 Å². The molecule has 0 aromatic rings. The van der Waals surface area contributed by atoms with Crippen LogP contribution in [0.1, 0.15) is 169 Å². The summed E-state index contributed by atoms with van der Waals surface area (Å²) in [5, 5.41) is 0. The molecule has 258 valence electrons. The van der Waals surface area contributed by atoms with Crippen LogP contribution < -0.4 is 0 Å². The quantitative estimate of drug-likeness (QED) is 0.103. The van der Waals surface area contributed by atoms with Gasteiger partial charge in [-0.2, -0.15) is 0 Å². The van der Waals surface area contributed by atoms with E-state index in [9.17, 15) is 19.2 Å². The van der Waals surface area contributed by atoms with Crippen molar-refractivity contribution in [2.75, 3.05) is 0 Å². The van der Waals surface area contributed by atoms with Gasteiger partial charge in [-0.3, -0.25) is 19.2 Å². The molecule has 8 heteroatoms. The van der Waals surface area contributed by atoms with E-state index in [1.165, 1.54) is 13.8 Å². The fourth-order valence-corrected chi connectivity index (χ4v) is 6.37. The number of hydrogen-bond acceptors (Lipinski definition) is 8. The van der Waals surface area contributed by atoms with Crippen molar-refractivity contribution in [3.63, 3.8) is 0 Å². The molecule has 0 bridgehead atoms. The van der Waals surface area contributed by atoms with E-state index >= 15 is 0 Å². The Balaban J connectivity index is 6.11. The summed E-state index contributed by atoms with van der Waals surface area (Å²) in [5.41, 5.74) is -5.28. The zero-order chi connectivity index (χ0) is 35.0. The first-order chi connectivity index (χ1) is 19.8. The summed E-state index contributed by atoms with van der Waals surface area (Å²) >= 11 is 0. The number of hydrogen-bond donors (Lipinski definition) is 0. The van der Waals surface area contributed by atoms with Gasteiger partial charge in [0.2, 0.25) is 0 Å². The van der Waals surface area contributed by atoms with Gasteiger partial charge in [0.25, 0.3) is 0 Å². The third-order valence-electron chi connectivity index (χ3n) is 11.2. The van der Waals surface area contributed by atoms with Crippen molar-refractivity contribution in [2.24, 2.45) is 16.2 Å². The molecule has 0 heterocycles. The van der Waals surface area contributed by atoms with Crippen LogP contribution in [0.3, 0.4) is 0 Å². The summed E-state index contributed by atoms with van der Waals surface area (Å²) in [7, 11) is 0. The van der Waals surface area contributed by atoms with E-state index in [2.05, 4.69) is 13.8 Å². The Hall–Kier alpha value is -2.12. The van der Waals surface area contributed by atoms with Gasteiger partial charge in [-0.05, 0) is 86.0 Å². The first kappa shape index (κ1) is 41.9. The molecule has 0 radical (unpaired) electrons. The first-order valence-electron chi connectivity index (χ1n) is 16.7. The highest BCUT2D eigenvalue weighted by atomic mass is 16.6. The normalized spacial score (nSPS) is 20.3. The lowest BCUT2D eigenvalue weighted by Crippen LogP contribution is -2.52. The lowest BCUT2D eigenvalue weighted by atomic mass is 9.65. The lowest BCUT2D eigenvalue weighted by molar-refractivity contribution is -0.197. The zero-order valence-corrected chi connectivity index (χ0v) is 31.1. The van der Waals surface area contributed by atoms with Crippen LogP contribution in [0, 0.1) is 16.2 Å². The van der Waals surface area contributed by atoms with Gasteiger partial charge in [0.1, 0.15) is 22.4 Å². The van der Waals surface area contributed by atoms with Gasteiger partial charge in [0, 0.05) is 24.7 Å². The highest BCUT2D eigenvalue weighted by molar-refractivity contribution is 5.83. The molecule has 0 spiro atoms. The topological polar surface area (TPSA) is 105 Å². The van der Waals surface area contributed by atoms with E-state index in [1.54, 1.807) is 6.92 Å². The molecule has 6 unspecified atom stereocenters. The summed E-state index contributed by atoms with van der Waals surface area (Å²) in [6, 6.07) is 0. The number of carbonyl (C=O) groups excluding carboxylic acids is 4. The van der Waals surface area contributed by atoms with Crippen LogP contribution in [0.25, 0.3) is 0 Å². The molecule has 0 N–H and O–H groups in total. The smallest absolute Gasteiger partial charge is 0.312 e. The molecule has 44 heavy (non-hydrogen) atoms. The number of carbonyl (C=O) groups is 4. The predicted octanol–water partition coefficient (Wildman–Crippen LogP) is 8.90. The van der Waals surface area contributed by atoms with Gasteiger partial charge in [-0.1, -0.05) is 62.3 Å². The van der Waals surface area contributed by atoms with Gasteiger partial charge in [-0.25, -0.2) is 0 Å². The van der Waals surface area contributed by atoms with Gasteiger partial charge in [0.15, 0.2) is 0 Å². The molecule has 0 aliphatic heterocycles. The Morgan fingerprint density at radius 1 is 0.500 bits per heavy atom.